The number of aliphatic imine (C=N–C) groups is 1. The molecule has 24 heavy (non-hydrogen) atoms. The van der Waals surface area contributed by atoms with Crippen LogP contribution < -0.4 is 10.6 Å². The first kappa shape index (κ1) is 15.4. The molecule has 0 atom stereocenters. The fraction of sp³-hybridized carbons (Fsp3) is 0. The van der Waals surface area contributed by atoms with Gasteiger partial charge in [0.25, 0.3) is 0 Å². The van der Waals surface area contributed by atoms with Crippen molar-refractivity contribution in [2.45, 2.75) is 0 Å². The molecule has 1 aliphatic rings. The average Bonchev–Trinajstić information content (AvgIpc) is 2.75. The second kappa shape index (κ2) is 6.42. The van der Waals surface area contributed by atoms with Crippen LogP contribution in [0.2, 0.25) is 0 Å². The molecule has 0 fully saturated rings. The first-order valence-electron chi connectivity index (χ1n) is 7.47. The van der Waals surface area contributed by atoms with Crippen molar-refractivity contribution in [1.82, 2.24) is 0 Å². The van der Waals surface area contributed by atoms with Crippen LogP contribution in [0.4, 0.5) is 17.1 Å². The van der Waals surface area contributed by atoms with Gasteiger partial charge in [0.15, 0.2) is 0 Å². The normalized spacial score (nSPS) is 12.3. The molecule has 3 aromatic rings. The average molecular weight is 443 g/mol. The van der Waals surface area contributed by atoms with Crippen molar-refractivity contribution in [3.05, 3.63) is 75.7 Å². The van der Waals surface area contributed by atoms with E-state index in [4.69, 9.17) is 4.99 Å². The first-order valence-corrected chi connectivity index (χ1v) is 9.06. The molecule has 0 saturated heterocycles. The van der Waals surface area contributed by atoms with Crippen molar-refractivity contribution >= 4 is 54.9 Å². The van der Waals surface area contributed by atoms with Gasteiger partial charge in [-0.3, -0.25) is 0 Å². The first-order chi connectivity index (χ1) is 11.7. The van der Waals surface area contributed by atoms with E-state index >= 15 is 0 Å². The molecule has 2 N–H and O–H groups in total. The maximum absolute atomic E-state index is 4.78. The van der Waals surface area contributed by atoms with Crippen LogP contribution in [0.3, 0.4) is 0 Å². The quantitative estimate of drug-likeness (QED) is 0.457. The van der Waals surface area contributed by atoms with Crippen LogP contribution in [0.5, 0.6) is 0 Å². The molecule has 3 nitrogen and oxygen atoms in total. The Morgan fingerprint density at radius 2 is 1.12 bits per heavy atom. The molecule has 0 amide bonds. The number of hydrogen-bond acceptors (Lipinski definition) is 1. The molecule has 0 spiro atoms. The number of rotatable bonds is 1. The monoisotopic (exact) mass is 441 g/mol. The predicted octanol–water partition coefficient (Wildman–Crippen LogP) is 6.40. The molecule has 0 unspecified atom stereocenters. The number of fused-ring (bicyclic) bond motifs is 3. The summed E-state index contributed by atoms with van der Waals surface area (Å²) in [4.78, 5) is 4.78. The van der Waals surface area contributed by atoms with Crippen LogP contribution in [0.25, 0.3) is 11.1 Å². The summed E-state index contributed by atoms with van der Waals surface area (Å²) in [7, 11) is 0. The largest absolute Gasteiger partial charge is 0.325 e. The Bertz CT molecular complexity index is 881. The van der Waals surface area contributed by atoms with Crippen LogP contribution >= 0.6 is 31.9 Å². The summed E-state index contributed by atoms with van der Waals surface area (Å²) in [5.74, 6) is 0.681. The number of benzene rings is 3. The molecule has 1 aliphatic heterocycles. The van der Waals surface area contributed by atoms with Gasteiger partial charge in [0.05, 0.1) is 5.69 Å². The molecule has 0 saturated carbocycles. The highest BCUT2D eigenvalue weighted by atomic mass is 79.9. The topological polar surface area (TPSA) is 36.4 Å². The highest BCUT2D eigenvalue weighted by Crippen LogP contribution is 2.37. The number of nitrogens with zero attached hydrogens (tertiary/aromatic N) is 1. The molecular formula is C19H13Br2N3. The Balaban J connectivity index is 1.88. The zero-order valence-corrected chi connectivity index (χ0v) is 15.7. The van der Waals surface area contributed by atoms with E-state index in [1.54, 1.807) is 0 Å². The maximum atomic E-state index is 4.78. The highest BCUT2D eigenvalue weighted by Gasteiger charge is 2.17. The summed E-state index contributed by atoms with van der Waals surface area (Å²) in [6.07, 6.45) is 0. The third-order valence-corrected chi connectivity index (χ3v) is 5.09. The zero-order valence-electron chi connectivity index (χ0n) is 12.6. The van der Waals surface area contributed by atoms with Gasteiger partial charge in [-0.1, -0.05) is 42.5 Å². The Hall–Kier alpha value is -2.11. The van der Waals surface area contributed by atoms with E-state index in [0.717, 1.165) is 37.1 Å². The SMILES string of the molecule is Brc1cccc(Br)c1N=C1Nc2ccccc2-c2ccccc2N1. The second-order valence-corrected chi connectivity index (χ2v) is 7.08. The van der Waals surface area contributed by atoms with E-state index < -0.39 is 0 Å². The second-order valence-electron chi connectivity index (χ2n) is 5.37. The van der Waals surface area contributed by atoms with E-state index in [1.807, 2.05) is 42.5 Å². The summed E-state index contributed by atoms with van der Waals surface area (Å²) < 4.78 is 1.86. The Labute approximate surface area is 157 Å². The van der Waals surface area contributed by atoms with Gasteiger partial charge >= 0.3 is 0 Å². The lowest BCUT2D eigenvalue weighted by molar-refractivity contribution is 1.43. The minimum atomic E-state index is 0.681. The lowest BCUT2D eigenvalue weighted by Crippen LogP contribution is -2.20. The molecule has 0 bridgehead atoms. The maximum Gasteiger partial charge on any atom is 0.205 e. The zero-order chi connectivity index (χ0) is 16.5. The standard InChI is InChI=1S/C19H13Br2N3/c20-14-8-5-9-15(21)18(14)24-19-22-16-10-3-1-6-12(16)13-7-2-4-11-17(13)23-19/h1-11H,(H2,22,23,24). The van der Waals surface area contributed by atoms with Crippen LogP contribution in [0.15, 0.2) is 80.7 Å². The van der Waals surface area contributed by atoms with Gasteiger partial charge < -0.3 is 10.6 Å². The number of hydrogen-bond donors (Lipinski definition) is 2. The van der Waals surface area contributed by atoms with Gasteiger partial charge in [-0.25, -0.2) is 4.99 Å². The van der Waals surface area contributed by atoms with Gasteiger partial charge in [-0.2, -0.15) is 0 Å². The van der Waals surface area contributed by atoms with Gasteiger partial charge in [0.2, 0.25) is 5.96 Å². The van der Waals surface area contributed by atoms with Crippen molar-refractivity contribution in [1.29, 1.82) is 0 Å². The summed E-state index contributed by atoms with van der Waals surface area (Å²) in [6, 6.07) is 22.4. The van der Waals surface area contributed by atoms with E-state index in [-0.39, 0.29) is 0 Å². The third-order valence-electron chi connectivity index (χ3n) is 3.81. The van der Waals surface area contributed by atoms with Gasteiger partial charge in [0, 0.05) is 31.4 Å². The Morgan fingerprint density at radius 1 is 0.625 bits per heavy atom. The summed E-state index contributed by atoms with van der Waals surface area (Å²) in [6.45, 7) is 0. The van der Waals surface area contributed by atoms with E-state index in [1.165, 1.54) is 0 Å². The molecule has 118 valence electrons. The van der Waals surface area contributed by atoms with Crippen molar-refractivity contribution in [3.8, 4) is 11.1 Å². The molecular weight excluding hydrogens is 430 g/mol. The van der Waals surface area contributed by atoms with Crippen molar-refractivity contribution in [3.63, 3.8) is 0 Å². The fourth-order valence-corrected chi connectivity index (χ4v) is 3.88. The molecule has 0 aromatic heterocycles. The summed E-state index contributed by atoms with van der Waals surface area (Å²) >= 11 is 7.13. The van der Waals surface area contributed by atoms with Crippen molar-refractivity contribution in [2.75, 3.05) is 10.6 Å². The van der Waals surface area contributed by atoms with Crippen LogP contribution in [0, 0.1) is 0 Å². The Kier molecular flexibility index (Phi) is 4.12. The van der Waals surface area contributed by atoms with Crippen LogP contribution in [0.1, 0.15) is 0 Å². The van der Waals surface area contributed by atoms with Gasteiger partial charge in [-0.05, 0) is 56.1 Å². The minimum absolute atomic E-state index is 0.681. The van der Waals surface area contributed by atoms with Crippen molar-refractivity contribution < 1.29 is 0 Å². The molecule has 5 heteroatoms. The third kappa shape index (κ3) is 2.85. The summed E-state index contributed by atoms with van der Waals surface area (Å²) in [5.41, 5.74) is 5.19. The molecule has 0 radical (unpaired) electrons. The number of halogens is 2. The number of nitrogens with one attached hydrogen (secondary N) is 2. The molecule has 0 aliphatic carbocycles. The van der Waals surface area contributed by atoms with E-state index in [0.29, 0.717) is 5.96 Å². The number of anilines is 2. The molecule has 4 rings (SSSR count). The predicted molar refractivity (Wildman–Crippen MR) is 108 cm³/mol. The van der Waals surface area contributed by atoms with Crippen LogP contribution in [-0.4, -0.2) is 5.96 Å². The molecule has 3 aromatic carbocycles. The van der Waals surface area contributed by atoms with Gasteiger partial charge in [0.1, 0.15) is 0 Å². The lowest BCUT2D eigenvalue weighted by atomic mass is 10.0. The highest BCUT2D eigenvalue weighted by molar-refractivity contribution is 9.11. The Morgan fingerprint density at radius 3 is 1.67 bits per heavy atom. The summed E-state index contributed by atoms with van der Waals surface area (Å²) in [5, 5.41) is 6.81. The van der Waals surface area contributed by atoms with E-state index in [2.05, 4.69) is 66.8 Å². The number of guanidine groups is 1. The lowest BCUT2D eigenvalue weighted by Gasteiger charge is -2.11. The number of para-hydroxylation sites is 3. The fourth-order valence-electron chi connectivity index (χ4n) is 2.70. The van der Waals surface area contributed by atoms with Crippen LogP contribution in [-0.2, 0) is 0 Å². The van der Waals surface area contributed by atoms with Crippen molar-refractivity contribution in [2.24, 2.45) is 4.99 Å². The smallest absolute Gasteiger partial charge is 0.205 e. The minimum Gasteiger partial charge on any atom is -0.325 e. The molecule has 1 heterocycles. The van der Waals surface area contributed by atoms with E-state index in [9.17, 15) is 0 Å². The van der Waals surface area contributed by atoms with Gasteiger partial charge in [-0.15, -0.1) is 0 Å².